The molecule has 1 aromatic rings. The van der Waals surface area contributed by atoms with Gasteiger partial charge >= 0.3 is 0 Å². The summed E-state index contributed by atoms with van der Waals surface area (Å²) in [6.45, 7) is 3.51. The van der Waals surface area contributed by atoms with E-state index in [1.165, 1.54) is 12.1 Å². The number of aliphatic hydroxyl groups is 1. The summed E-state index contributed by atoms with van der Waals surface area (Å²) >= 11 is 0. The molecule has 0 bridgehead atoms. The second kappa shape index (κ2) is 7.27. The molecular formula is C14H18FNO3S. The SMILES string of the molecule is CC(C)CCS(=O)(=O)Nc1ccc(C#CCO)c(F)c1. The van der Waals surface area contributed by atoms with E-state index in [0.29, 0.717) is 6.42 Å². The number of nitrogens with one attached hydrogen (secondary N) is 1. The third-order valence-corrected chi connectivity index (χ3v) is 3.83. The van der Waals surface area contributed by atoms with Crippen molar-refractivity contribution in [3.05, 3.63) is 29.6 Å². The van der Waals surface area contributed by atoms with Gasteiger partial charge in [-0.25, -0.2) is 12.8 Å². The van der Waals surface area contributed by atoms with Crippen LogP contribution in [0.2, 0.25) is 0 Å². The number of sulfonamides is 1. The van der Waals surface area contributed by atoms with Crippen molar-refractivity contribution in [2.24, 2.45) is 5.92 Å². The highest BCUT2D eigenvalue weighted by atomic mass is 32.2. The lowest BCUT2D eigenvalue weighted by atomic mass is 10.2. The Bertz CT molecular complexity index is 615. The number of anilines is 1. The lowest BCUT2D eigenvalue weighted by molar-refractivity contribution is 0.350. The van der Waals surface area contributed by atoms with Gasteiger partial charge < -0.3 is 5.11 Å². The fourth-order valence-corrected chi connectivity index (χ4v) is 2.81. The van der Waals surface area contributed by atoms with E-state index in [0.717, 1.165) is 6.07 Å². The lowest BCUT2D eigenvalue weighted by Gasteiger charge is -2.09. The predicted octanol–water partition coefficient (Wildman–Crippen LogP) is 1.96. The molecular weight excluding hydrogens is 281 g/mol. The van der Waals surface area contributed by atoms with Crippen molar-refractivity contribution in [1.29, 1.82) is 0 Å². The fourth-order valence-electron chi connectivity index (χ4n) is 1.44. The average Bonchev–Trinajstić information content (AvgIpc) is 2.35. The first-order valence-electron chi connectivity index (χ1n) is 6.24. The van der Waals surface area contributed by atoms with Crippen molar-refractivity contribution < 1.29 is 17.9 Å². The fraction of sp³-hybridized carbons (Fsp3) is 0.429. The topological polar surface area (TPSA) is 66.4 Å². The van der Waals surface area contributed by atoms with Crippen LogP contribution in [0.25, 0.3) is 0 Å². The van der Waals surface area contributed by atoms with Crippen LogP contribution in [0.3, 0.4) is 0 Å². The van der Waals surface area contributed by atoms with Crippen LogP contribution in [-0.2, 0) is 10.0 Å². The molecule has 0 saturated carbocycles. The summed E-state index contributed by atoms with van der Waals surface area (Å²) in [6, 6.07) is 3.89. The minimum Gasteiger partial charge on any atom is -0.384 e. The summed E-state index contributed by atoms with van der Waals surface area (Å²) < 4.78 is 39.5. The molecule has 0 aliphatic carbocycles. The third-order valence-electron chi connectivity index (χ3n) is 2.51. The first kappa shape index (κ1) is 16.5. The second-order valence-electron chi connectivity index (χ2n) is 4.76. The standard InChI is InChI=1S/C14H18FNO3S/c1-11(2)7-9-20(18,19)16-13-6-5-12(4-3-8-17)14(15)10-13/h5-6,10-11,16-17H,7-9H2,1-2H3. The molecule has 0 amide bonds. The van der Waals surface area contributed by atoms with Gasteiger partial charge in [0.05, 0.1) is 17.0 Å². The van der Waals surface area contributed by atoms with Crippen LogP contribution in [0.4, 0.5) is 10.1 Å². The molecule has 0 heterocycles. The number of hydrogen-bond donors (Lipinski definition) is 2. The number of rotatable bonds is 5. The van der Waals surface area contributed by atoms with Gasteiger partial charge in [-0.1, -0.05) is 25.7 Å². The molecule has 1 aromatic carbocycles. The van der Waals surface area contributed by atoms with E-state index in [4.69, 9.17) is 5.11 Å². The zero-order chi connectivity index (χ0) is 15.2. The van der Waals surface area contributed by atoms with Crippen LogP contribution >= 0.6 is 0 Å². The van der Waals surface area contributed by atoms with Crippen LogP contribution in [0, 0.1) is 23.6 Å². The smallest absolute Gasteiger partial charge is 0.232 e. The van der Waals surface area contributed by atoms with Crippen LogP contribution in [-0.4, -0.2) is 25.9 Å². The molecule has 0 spiro atoms. The normalized spacial score (nSPS) is 11.1. The summed E-state index contributed by atoms with van der Waals surface area (Å²) in [7, 11) is -3.47. The molecule has 2 N–H and O–H groups in total. The Kier molecular flexibility index (Phi) is 5.99. The molecule has 0 atom stereocenters. The maximum absolute atomic E-state index is 13.6. The molecule has 1 rings (SSSR count). The minimum absolute atomic E-state index is 0.00163. The maximum atomic E-state index is 13.6. The summed E-state index contributed by atoms with van der Waals surface area (Å²) in [4.78, 5) is 0. The average molecular weight is 299 g/mol. The number of aliphatic hydroxyl groups excluding tert-OH is 1. The molecule has 0 aliphatic rings. The van der Waals surface area contributed by atoms with Gasteiger partial charge in [-0.05, 0) is 30.5 Å². The Morgan fingerprint density at radius 1 is 1.40 bits per heavy atom. The van der Waals surface area contributed by atoms with Crippen LogP contribution in [0.15, 0.2) is 18.2 Å². The Morgan fingerprint density at radius 3 is 2.65 bits per heavy atom. The first-order valence-corrected chi connectivity index (χ1v) is 7.89. The van der Waals surface area contributed by atoms with Gasteiger partial charge in [0.2, 0.25) is 10.0 Å². The van der Waals surface area contributed by atoms with Crippen molar-refractivity contribution in [1.82, 2.24) is 0 Å². The van der Waals surface area contributed by atoms with E-state index >= 15 is 0 Å². The summed E-state index contributed by atoms with van der Waals surface area (Å²) in [5, 5.41) is 8.54. The van der Waals surface area contributed by atoms with Gasteiger partial charge in [0.15, 0.2) is 0 Å². The summed E-state index contributed by atoms with van der Waals surface area (Å²) in [5.74, 6) is 4.42. The van der Waals surface area contributed by atoms with E-state index in [2.05, 4.69) is 16.6 Å². The number of halogens is 1. The summed E-state index contributed by atoms with van der Waals surface area (Å²) in [5.41, 5.74) is 0.282. The monoisotopic (exact) mass is 299 g/mol. The van der Waals surface area contributed by atoms with Crippen molar-refractivity contribution in [2.75, 3.05) is 17.1 Å². The Morgan fingerprint density at radius 2 is 2.10 bits per heavy atom. The molecule has 6 heteroatoms. The Hall–Kier alpha value is -1.58. The van der Waals surface area contributed by atoms with E-state index in [-0.39, 0.29) is 29.5 Å². The van der Waals surface area contributed by atoms with Crippen molar-refractivity contribution in [3.8, 4) is 11.8 Å². The zero-order valence-corrected chi connectivity index (χ0v) is 12.3. The third kappa shape index (κ3) is 5.59. The highest BCUT2D eigenvalue weighted by Gasteiger charge is 2.12. The largest absolute Gasteiger partial charge is 0.384 e. The highest BCUT2D eigenvalue weighted by Crippen LogP contribution is 2.16. The van der Waals surface area contributed by atoms with Crippen molar-refractivity contribution >= 4 is 15.7 Å². The van der Waals surface area contributed by atoms with Crippen LogP contribution in [0.5, 0.6) is 0 Å². The maximum Gasteiger partial charge on any atom is 0.232 e. The molecule has 0 radical (unpaired) electrons. The van der Waals surface area contributed by atoms with Crippen molar-refractivity contribution in [2.45, 2.75) is 20.3 Å². The highest BCUT2D eigenvalue weighted by molar-refractivity contribution is 7.92. The predicted molar refractivity (Wildman–Crippen MR) is 77.2 cm³/mol. The first-order chi connectivity index (χ1) is 9.34. The van der Waals surface area contributed by atoms with E-state index < -0.39 is 15.8 Å². The van der Waals surface area contributed by atoms with Gasteiger partial charge in [0.1, 0.15) is 12.4 Å². The van der Waals surface area contributed by atoms with Gasteiger partial charge in [0.25, 0.3) is 0 Å². The van der Waals surface area contributed by atoms with Crippen LogP contribution in [0.1, 0.15) is 25.8 Å². The van der Waals surface area contributed by atoms with Gasteiger partial charge in [0, 0.05) is 0 Å². The van der Waals surface area contributed by atoms with Gasteiger partial charge in [-0.15, -0.1) is 0 Å². The van der Waals surface area contributed by atoms with Crippen molar-refractivity contribution in [3.63, 3.8) is 0 Å². The minimum atomic E-state index is -3.47. The lowest BCUT2D eigenvalue weighted by Crippen LogP contribution is -2.18. The Balaban J connectivity index is 2.81. The molecule has 0 saturated heterocycles. The summed E-state index contributed by atoms with van der Waals surface area (Å²) in [6.07, 6.45) is 0.540. The Labute approximate surface area is 119 Å². The molecule has 0 fully saturated rings. The molecule has 110 valence electrons. The van der Waals surface area contributed by atoms with E-state index in [9.17, 15) is 12.8 Å². The second-order valence-corrected chi connectivity index (χ2v) is 6.60. The van der Waals surface area contributed by atoms with Crippen LogP contribution < -0.4 is 4.72 Å². The van der Waals surface area contributed by atoms with Gasteiger partial charge in [-0.2, -0.15) is 0 Å². The number of benzene rings is 1. The molecule has 20 heavy (non-hydrogen) atoms. The van der Waals surface area contributed by atoms with Gasteiger partial charge in [-0.3, -0.25) is 4.72 Å². The zero-order valence-electron chi connectivity index (χ0n) is 11.5. The molecule has 0 aromatic heterocycles. The van der Waals surface area contributed by atoms with E-state index in [1.54, 1.807) is 0 Å². The van der Waals surface area contributed by atoms with E-state index in [1.807, 2.05) is 13.8 Å². The molecule has 4 nitrogen and oxygen atoms in total. The number of hydrogen-bond acceptors (Lipinski definition) is 3. The quantitative estimate of drug-likeness (QED) is 0.817. The molecule has 0 unspecified atom stereocenters. The molecule has 0 aliphatic heterocycles.